The van der Waals surface area contributed by atoms with Crippen LogP contribution in [0.4, 0.5) is 0 Å². The third kappa shape index (κ3) is 4.09. The minimum absolute atomic E-state index is 0.169. The predicted molar refractivity (Wildman–Crippen MR) is 78.6 cm³/mol. The van der Waals surface area contributed by atoms with E-state index in [0.717, 1.165) is 17.3 Å². The first-order valence-electron chi connectivity index (χ1n) is 6.72. The molecule has 112 valence electrons. The van der Waals surface area contributed by atoms with Gasteiger partial charge >= 0.3 is 0 Å². The van der Waals surface area contributed by atoms with Crippen molar-refractivity contribution in [2.75, 3.05) is 0 Å². The minimum atomic E-state index is -1.10. The van der Waals surface area contributed by atoms with Gasteiger partial charge in [-0.15, -0.1) is 0 Å². The Kier molecular flexibility index (Phi) is 5.41. The fourth-order valence-corrected chi connectivity index (χ4v) is 2.88. The normalized spacial score (nSPS) is 12.3. The average molecular weight is 305 g/mol. The smallest absolute Gasteiger partial charge is 0.169 e. The highest BCUT2D eigenvalue weighted by Gasteiger charge is 2.15. The number of aliphatic hydroxyl groups excluding tert-OH is 1. The van der Waals surface area contributed by atoms with Crippen LogP contribution in [0.1, 0.15) is 24.6 Å². The maximum atomic E-state index is 11.1. The summed E-state index contributed by atoms with van der Waals surface area (Å²) in [5.74, 6) is -1.10. The van der Waals surface area contributed by atoms with Gasteiger partial charge < -0.3 is 19.6 Å². The van der Waals surface area contributed by atoms with Crippen LogP contribution in [-0.4, -0.2) is 25.9 Å². The Hall–Kier alpha value is -1.79. The van der Waals surface area contributed by atoms with Crippen molar-refractivity contribution in [3.8, 4) is 0 Å². The summed E-state index contributed by atoms with van der Waals surface area (Å²) in [7, 11) is 0. The van der Waals surface area contributed by atoms with Crippen molar-refractivity contribution in [3.05, 3.63) is 47.8 Å². The first-order valence-corrected chi connectivity index (χ1v) is 7.60. The van der Waals surface area contributed by atoms with Crippen LogP contribution in [-0.2, 0) is 17.9 Å². The SMILES string of the molecule is CC[C@@H](Sc1nc(CO)cn1Cc1ccccc1)C(=O)[O-]. The van der Waals surface area contributed by atoms with Crippen LogP contribution in [0.15, 0.2) is 41.7 Å². The number of benzene rings is 1. The van der Waals surface area contributed by atoms with E-state index in [1.807, 2.05) is 34.9 Å². The number of aromatic nitrogens is 2. The molecule has 0 aliphatic heterocycles. The lowest BCUT2D eigenvalue weighted by Gasteiger charge is -2.15. The number of aliphatic hydroxyl groups is 1. The van der Waals surface area contributed by atoms with Crippen LogP contribution in [0.3, 0.4) is 0 Å². The van der Waals surface area contributed by atoms with Crippen molar-refractivity contribution < 1.29 is 15.0 Å². The van der Waals surface area contributed by atoms with Gasteiger partial charge in [0.2, 0.25) is 0 Å². The van der Waals surface area contributed by atoms with E-state index >= 15 is 0 Å². The van der Waals surface area contributed by atoms with Crippen molar-refractivity contribution in [2.45, 2.75) is 36.9 Å². The molecular weight excluding hydrogens is 288 g/mol. The lowest BCUT2D eigenvalue weighted by Crippen LogP contribution is -2.33. The highest BCUT2D eigenvalue weighted by atomic mass is 32.2. The summed E-state index contributed by atoms with van der Waals surface area (Å²) >= 11 is 1.16. The molecule has 1 N–H and O–H groups in total. The number of rotatable bonds is 7. The number of hydrogen-bond donors (Lipinski definition) is 1. The van der Waals surface area contributed by atoms with E-state index in [9.17, 15) is 15.0 Å². The summed E-state index contributed by atoms with van der Waals surface area (Å²) < 4.78 is 1.86. The van der Waals surface area contributed by atoms with Gasteiger partial charge in [-0.25, -0.2) is 4.98 Å². The molecule has 0 amide bonds. The van der Waals surface area contributed by atoms with Crippen LogP contribution in [0.2, 0.25) is 0 Å². The third-order valence-corrected chi connectivity index (χ3v) is 4.38. The van der Waals surface area contributed by atoms with Gasteiger partial charge in [-0.1, -0.05) is 49.0 Å². The van der Waals surface area contributed by atoms with Crippen molar-refractivity contribution in [2.24, 2.45) is 0 Å². The molecule has 1 atom stereocenters. The summed E-state index contributed by atoms with van der Waals surface area (Å²) in [6, 6.07) is 9.81. The fourth-order valence-electron chi connectivity index (χ4n) is 1.94. The zero-order valence-corrected chi connectivity index (χ0v) is 12.5. The maximum Gasteiger partial charge on any atom is 0.169 e. The van der Waals surface area contributed by atoms with Gasteiger partial charge in [-0.3, -0.25) is 0 Å². The number of carbonyl (C=O) groups excluding carboxylic acids is 1. The predicted octanol–water partition coefficient (Wildman–Crippen LogP) is 1.04. The summed E-state index contributed by atoms with van der Waals surface area (Å²) in [6.07, 6.45) is 2.21. The molecule has 1 aromatic heterocycles. The van der Waals surface area contributed by atoms with E-state index in [0.29, 0.717) is 23.8 Å². The van der Waals surface area contributed by atoms with Gasteiger partial charge in [0.1, 0.15) is 0 Å². The molecule has 2 aromatic rings. The van der Waals surface area contributed by atoms with E-state index in [2.05, 4.69) is 4.98 Å². The van der Waals surface area contributed by atoms with E-state index in [4.69, 9.17) is 0 Å². The Morgan fingerprint density at radius 2 is 2.14 bits per heavy atom. The summed E-state index contributed by atoms with van der Waals surface area (Å²) in [4.78, 5) is 15.3. The molecule has 2 rings (SSSR count). The number of carboxylic acids is 1. The molecule has 5 nitrogen and oxygen atoms in total. The van der Waals surface area contributed by atoms with Gasteiger partial charge in [0.25, 0.3) is 0 Å². The molecular formula is C15H17N2O3S-. The molecule has 0 fully saturated rings. The summed E-state index contributed by atoms with van der Waals surface area (Å²) in [5.41, 5.74) is 1.62. The second-order valence-corrected chi connectivity index (χ2v) is 5.79. The largest absolute Gasteiger partial charge is 0.549 e. The van der Waals surface area contributed by atoms with E-state index < -0.39 is 11.2 Å². The lowest BCUT2D eigenvalue weighted by molar-refractivity contribution is -0.304. The molecule has 1 aromatic carbocycles. The Morgan fingerprint density at radius 1 is 1.43 bits per heavy atom. The van der Waals surface area contributed by atoms with Gasteiger partial charge in [0.15, 0.2) is 5.16 Å². The van der Waals surface area contributed by atoms with Crippen LogP contribution < -0.4 is 5.11 Å². The van der Waals surface area contributed by atoms with Crippen LogP contribution in [0, 0.1) is 0 Å². The number of carboxylic acid groups (broad SMARTS) is 1. The molecule has 0 aliphatic carbocycles. The van der Waals surface area contributed by atoms with Crippen molar-refractivity contribution >= 4 is 17.7 Å². The number of imidazole rings is 1. The average Bonchev–Trinajstić information content (AvgIpc) is 2.87. The molecule has 0 spiro atoms. The Morgan fingerprint density at radius 3 is 2.71 bits per heavy atom. The molecule has 0 saturated heterocycles. The van der Waals surface area contributed by atoms with Gasteiger partial charge in [-0.05, 0) is 12.0 Å². The quantitative estimate of drug-likeness (QED) is 0.773. The first-order chi connectivity index (χ1) is 10.1. The van der Waals surface area contributed by atoms with E-state index in [1.165, 1.54) is 0 Å². The maximum absolute atomic E-state index is 11.1. The van der Waals surface area contributed by atoms with Crippen LogP contribution in [0.5, 0.6) is 0 Å². The van der Waals surface area contributed by atoms with Gasteiger partial charge in [0.05, 0.1) is 23.5 Å². The van der Waals surface area contributed by atoms with E-state index in [1.54, 1.807) is 13.1 Å². The molecule has 0 saturated carbocycles. The zero-order valence-electron chi connectivity index (χ0n) is 11.7. The van der Waals surface area contributed by atoms with Gasteiger partial charge in [-0.2, -0.15) is 0 Å². The Labute approximate surface area is 127 Å². The fraction of sp³-hybridized carbons (Fsp3) is 0.333. The molecule has 0 unspecified atom stereocenters. The molecule has 0 bridgehead atoms. The molecule has 21 heavy (non-hydrogen) atoms. The minimum Gasteiger partial charge on any atom is -0.549 e. The van der Waals surface area contributed by atoms with Crippen LogP contribution >= 0.6 is 11.8 Å². The first kappa shape index (κ1) is 15.6. The number of hydrogen-bond acceptors (Lipinski definition) is 5. The van der Waals surface area contributed by atoms with Crippen molar-refractivity contribution in [1.29, 1.82) is 0 Å². The van der Waals surface area contributed by atoms with Crippen LogP contribution in [0.25, 0.3) is 0 Å². The summed E-state index contributed by atoms with van der Waals surface area (Å²) in [6.45, 7) is 2.21. The van der Waals surface area contributed by atoms with Gasteiger partial charge in [0, 0.05) is 12.7 Å². The topological polar surface area (TPSA) is 78.2 Å². The van der Waals surface area contributed by atoms with Crippen molar-refractivity contribution in [1.82, 2.24) is 9.55 Å². The molecule has 6 heteroatoms. The standard InChI is InChI=1S/C15H18N2O3S/c1-2-13(14(19)20)21-15-16-12(10-18)9-17(15)8-11-6-4-3-5-7-11/h3-7,9,13,18H,2,8,10H2,1H3,(H,19,20)/p-1/t13-/m1/s1. The second-order valence-electron chi connectivity index (χ2n) is 4.62. The highest BCUT2D eigenvalue weighted by Crippen LogP contribution is 2.25. The number of nitrogens with zero attached hydrogens (tertiary/aromatic N) is 2. The Bertz CT molecular complexity index is 598. The van der Waals surface area contributed by atoms with Crippen molar-refractivity contribution in [3.63, 3.8) is 0 Å². The summed E-state index contributed by atoms with van der Waals surface area (Å²) in [5, 5.41) is 20.2. The Balaban J connectivity index is 2.23. The number of thioether (sulfide) groups is 1. The number of aliphatic carboxylic acids is 1. The number of carbonyl (C=O) groups is 1. The zero-order chi connectivity index (χ0) is 15.2. The monoisotopic (exact) mass is 305 g/mol. The molecule has 0 aliphatic rings. The second kappa shape index (κ2) is 7.28. The molecule has 1 heterocycles. The third-order valence-electron chi connectivity index (χ3n) is 3.03. The highest BCUT2D eigenvalue weighted by molar-refractivity contribution is 8.00. The lowest BCUT2D eigenvalue weighted by atomic mass is 10.2. The molecule has 0 radical (unpaired) electrons. The van der Waals surface area contributed by atoms with E-state index in [-0.39, 0.29) is 6.61 Å².